The number of rotatable bonds is 7. The van der Waals surface area contributed by atoms with Gasteiger partial charge in [0, 0.05) is 5.69 Å². The van der Waals surface area contributed by atoms with Gasteiger partial charge in [0.2, 0.25) is 11.1 Å². The SMILES string of the molecule is Cc1ccc(/C=N/Nc2nnc(SCC(=O)Nc3cccc(C(F)(F)F)c3)n2N)o1. The first kappa shape index (κ1) is 21.2. The largest absolute Gasteiger partial charge is 0.460 e. The maximum absolute atomic E-state index is 12.7. The summed E-state index contributed by atoms with van der Waals surface area (Å²) in [4.78, 5) is 12.0. The molecule has 0 atom stereocenters. The van der Waals surface area contributed by atoms with Gasteiger partial charge in [-0.05, 0) is 37.3 Å². The number of aryl methyl sites for hydroxylation is 1. The van der Waals surface area contributed by atoms with Gasteiger partial charge < -0.3 is 15.6 Å². The molecule has 1 amide bonds. The lowest BCUT2D eigenvalue weighted by Gasteiger charge is -2.09. The van der Waals surface area contributed by atoms with Crippen LogP contribution >= 0.6 is 11.8 Å². The van der Waals surface area contributed by atoms with Crippen LogP contribution in [0, 0.1) is 6.92 Å². The highest BCUT2D eigenvalue weighted by Crippen LogP contribution is 2.30. The molecule has 0 aliphatic heterocycles. The van der Waals surface area contributed by atoms with Crippen molar-refractivity contribution in [2.45, 2.75) is 18.3 Å². The summed E-state index contributed by atoms with van der Waals surface area (Å²) in [6.45, 7) is 1.80. The average Bonchev–Trinajstić information content (AvgIpc) is 3.25. The lowest BCUT2D eigenvalue weighted by molar-refractivity contribution is -0.137. The van der Waals surface area contributed by atoms with Crippen molar-refractivity contribution in [3.63, 3.8) is 0 Å². The molecule has 2 heterocycles. The van der Waals surface area contributed by atoms with Crippen LogP contribution in [0.1, 0.15) is 17.1 Å². The average molecular weight is 439 g/mol. The highest BCUT2D eigenvalue weighted by atomic mass is 32.2. The van der Waals surface area contributed by atoms with Gasteiger partial charge in [0.25, 0.3) is 5.95 Å². The molecular weight excluding hydrogens is 423 g/mol. The number of thioether (sulfide) groups is 1. The van der Waals surface area contributed by atoms with E-state index >= 15 is 0 Å². The van der Waals surface area contributed by atoms with Crippen molar-refractivity contribution in [1.82, 2.24) is 14.9 Å². The van der Waals surface area contributed by atoms with Gasteiger partial charge >= 0.3 is 6.18 Å². The van der Waals surface area contributed by atoms with E-state index in [1.165, 1.54) is 18.3 Å². The minimum atomic E-state index is -4.49. The monoisotopic (exact) mass is 439 g/mol. The van der Waals surface area contributed by atoms with Crippen molar-refractivity contribution >= 4 is 35.5 Å². The molecule has 0 fully saturated rings. The Morgan fingerprint density at radius 3 is 2.83 bits per heavy atom. The van der Waals surface area contributed by atoms with E-state index in [0.717, 1.165) is 34.3 Å². The van der Waals surface area contributed by atoms with E-state index in [2.05, 4.69) is 26.0 Å². The number of carbonyl (C=O) groups is 1. The van der Waals surface area contributed by atoms with Crippen molar-refractivity contribution < 1.29 is 22.4 Å². The van der Waals surface area contributed by atoms with Gasteiger partial charge in [-0.2, -0.15) is 18.3 Å². The predicted molar refractivity (Wildman–Crippen MR) is 106 cm³/mol. The van der Waals surface area contributed by atoms with E-state index in [1.807, 2.05) is 0 Å². The summed E-state index contributed by atoms with van der Waals surface area (Å²) in [5.74, 6) is 6.57. The molecule has 3 rings (SSSR count). The predicted octanol–water partition coefficient (Wildman–Crippen LogP) is 3.09. The number of aromatic nitrogens is 3. The Kier molecular flexibility index (Phi) is 6.30. The number of benzene rings is 1. The Morgan fingerprint density at radius 2 is 2.13 bits per heavy atom. The fourth-order valence-electron chi connectivity index (χ4n) is 2.23. The van der Waals surface area contributed by atoms with Crippen LogP contribution in [0.4, 0.5) is 24.8 Å². The molecule has 0 aliphatic carbocycles. The molecule has 1 aromatic carbocycles. The molecular formula is C17H16F3N7O2S. The van der Waals surface area contributed by atoms with Crippen LogP contribution in [-0.2, 0) is 11.0 Å². The van der Waals surface area contributed by atoms with Crippen LogP contribution in [0.5, 0.6) is 0 Å². The third-order valence-electron chi connectivity index (χ3n) is 3.59. The Balaban J connectivity index is 1.53. The number of nitrogens with one attached hydrogen (secondary N) is 2. The van der Waals surface area contributed by atoms with Crippen molar-refractivity contribution in [3.05, 3.63) is 53.5 Å². The summed E-state index contributed by atoms with van der Waals surface area (Å²) in [5, 5.41) is 14.2. The summed E-state index contributed by atoms with van der Waals surface area (Å²) in [5.41, 5.74) is 1.78. The smallest absolute Gasteiger partial charge is 0.416 e. The topological polar surface area (TPSA) is 123 Å². The standard InChI is InChI=1S/C17H16F3N7O2S/c1-10-5-6-13(29-10)8-22-24-15-25-26-16(27(15)21)30-9-14(28)23-12-4-2-3-11(7-12)17(18,19)20/h2-8H,9,21H2,1H3,(H,23,28)(H,24,25)/b22-8+. The van der Waals surface area contributed by atoms with E-state index in [4.69, 9.17) is 10.3 Å². The normalized spacial score (nSPS) is 11.7. The van der Waals surface area contributed by atoms with Gasteiger partial charge in [0.05, 0.1) is 17.5 Å². The number of amides is 1. The van der Waals surface area contributed by atoms with Crippen molar-refractivity contribution in [3.8, 4) is 0 Å². The van der Waals surface area contributed by atoms with Crippen molar-refractivity contribution in [2.24, 2.45) is 5.10 Å². The second kappa shape index (κ2) is 8.90. The Bertz CT molecular complexity index is 1060. The number of nitrogens with two attached hydrogens (primary N) is 1. The molecule has 0 aliphatic rings. The van der Waals surface area contributed by atoms with Crippen LogP contribution in [0.25, 0.3) is 0 Å². The summed E-state index contributed by atoms with van der Waals surface area (Å²) < 4.78 is 44.6. The number of anilines is 2. The third kappa shape index (κ3) is 5.53. The maximum atomic E-state index is 12.7. The van der Waals surface area contributed by atoms with Gasteiger partial charge in [0.15, 0.2) is 0 Å². The first-order valence-electron chi connectivity index (χ1n) is 8.38. The first-order valence-corrected chi connectivity index (χ1v) is 9.37. The maximum Gasteiger partial charge on any atom is 0.416 e. The zero-order valence-corrected chi connectivity index (χ0v) is 16.3. The Hall–Kier alpha value is -3.48. The molecule has 0 saturated heterocycles. The lowest BCUT2D eigenvalue weighted by atomic mass is 10.2. The fraction of sp³-hybridized carbons (Fsp3) is 0.176. The van der Waals surface area contributed by atoms with E-state index in [1.54, 1.807) is 19.1 Å². The minimum Gasteiger partial charge on any atom is -0.460 e. The zero-order valence-electron chi connectivity index (χ0n) is 15.5. The Morgan fingerprint density at radius 1 is 1.33 bits per heavy atom. The molecule has 13 heteroatoms. The molecule has 0 unspecified atom stereocenters. The third-order valence-corrected chi connectivity index (χ3v) is 4.53. The van der Waals surface area contributed by atoms with Gasteiger partial charge in [-0.15, -0.1) is 10.2 Å². The van der Waals surface area contributed by atoms with Gasteiger partial charge in [-0.1, -0.05) is 17.8 Å². The molecule has 0 bridgehead atoms. The fourth-order valence-corrected chi connectivity index (χ4v) is 2.89. The van der Waals surface area contributed by atoms with Crippen LogP contribution in [-0.4, -0.2) is 32.7 Å². The number of halogens is 3. The molecule has 30 heavy (non-hydrogen) atoms. The summed E-state index contributed by atoms with van der Waals surface area (Å²) in [6, 6.07) is 7.87. The highest BCUT2D eigenvalue weighted by molar-refractivity contribution is 7.99. The van der Waals surface area contributed by atoms with Gasteiger partial charge in [-0.3, -0.25) is 4.79 Å². The van der Waals surface area contributed by atoms with Crippen LogP contribution in [0.3, 0.4) is 0 Å². The molecule has 9 nitrogen and oxygen atoms in total. The number of nitrogens with zero attached hydrogens (tertiary/aromatic N) is 4. The number of nitrogen functional groups attached to an aromatic ring is 1. The van der Waals surface area contributed by atoms with Gasteiger partial charge in [-0.25, -0.2) is 10.1 Å². The van der Waals surface area contributed by atoms with Crippen molar-refractivity contribution in [2.75, 3.05) is 22.3 Å². The quantitative estimate of drug-likeness (QED) is 0.224. The van der Waals surface area contributed by atoms with E-state index in [0.29, 0.717) is 5.76 Å². The van der Waals surface area contributed by atoms with E-state index < -0.39 is 17.6 Å². The summed E-state index contributed by atoms with van der Waals surface area (Å²) in [7, 11) is 0. The molecule has 2 aromatic heterocycles. The molecule has 0 saturated carbocycles. The molecule has 0 spiro atoms. The van der Waals surface area contributed by atoms with Crippen LogP contribution in [0.2, 0.25) is 0 Å². The first-order chi connectivity index (χ1) is 14.2. The minimum absolute atomic E-state index is 0.0366. The molecule has 3 aromatic rings. The number of carbonyl (C=O) groups excluding carboxylic acids is 1. The molecule has 158 valence electrons. The van der Waals surface area contributed by atoms with Crippen LogP contribution in [0.15, 0.2) is 51.1 Å². The molecule has 0 radical (unpaired) electrons. The van der Waals surface area contributed by atoms with E-state index in [9.17, 15) is 18.0 Å². The molecule has 4 N–H and O–H groups in total. The van der Waals surface area contributed by atoms with E-state index in [-0.39, 0.29) is 22.5 Å². The number of alkyl halides is 3. The van der Waals surface area contributed by atoms with Gasteiger partial charge in [0.1, 0.15) is 11.5 Å². The second-order valence-electron chi connectivity index (χ2n) is 5.91. The van der Waals surface area contributed by atoms with Crippen molar-refractivity contribution in [1.29, 1.82) is 0 Å². The number of hydrazone groups is 1. The number of furan rings is 1. The Labute approximate surface area is 172 Å². The van der Waals surface area contributed by atoms with Crippen LogP contribution < -0.4 is 16.6 Å². The highest BCUT2D eigenvalue weighted by Gasteiger charge is 2.30. The summed E-state index contributed by atoms with van der Waals surface area (Å²) in [6.07, 6.45) is -3.07. The zero-order chi connectivity index (χ0) is 21.7. The number of hydrogen-bond acceptors (Lipinski definition) is 8. The summed E-state index contributed by atoms with van der Waals surface area (Å²) >= 11 is 0.958. The number of hydrogen-bond donors (Lipinski definition) is 3. The lowest BCUT2D eigenvalue weighted by Crippen LogP contribution is -2.17. The second-order valence-corrected chi connectivity index (χ2v) is 6.85.